The average molecular weight is 318 g/mol. The second-order valence-electron chi connectivity index (χ2n) is 5.46. The number of H-pyrrole nitrogens is 1. The fourth-order valence-corrected chi connectivity index (χ4v) is 2.47. The van der Waals surface area contributed by atoms with Crippen LogP contribution in [0.3, 0.4) is 0 Å². The van der Waals surface area contributed by atoms with Crippen molar-refractivity contribution in [3.8, 4) is 17.0 Å². The van der Waals surface area contributed by atoms with E-state index in [0.717, 1.165) is 28.3 Å². The molecule has 4 heteroatoms. The summed E-state index contributed by atoms with van der Waals surface area (Å²) in [7, 11) is 1.62. The molecule has 1 aromatic heterocycles. The first-order chi connectivity index (χ1) is 11.7. The Morgan fingerprint density at radius 1 is 1.12 bits per heavy atom. The summed E-state index contributed by atoms with van der Waals surface area (Å²) in [5.74, 6) is 0.716. The summed E-state index contributed by atoms with van der Waals surface area (Å²) in [6.45, 7) is 1.92. The summed E-state index contributed by atoms with van der Waals surface area (Å²) in [4.78, 5) is 12.3. The number of rotatable bonds is 5. The van der Waals surface area contributed by atoms with Gasteiger partial charge in [-0.05, 0) is 48.9 Å². The third-order valence-electron chi connectivity index (χ3n) is 3.76. The molecule has 0 unspecified atom stereocenters. The van der Waals surface area contributed by atoms with Gasteiger partial charge in [0.05, 0.1) is 18.5 Å². The van der Waals surface area contributed by atoms with Gasteiger partial charge in [0.1, 0.15) is 5.75 Å². The molecule has 0 saturated carbocycles. The van der Waals surface area contributed by atoms with Crippen molar-refractivity contribution in [3.05, 3.63) is 77.5 Å². The van der Waals surface area contributed by atoms with E-state index >= 15 is 0 Å². The molecule has 0 bridgehead atoms. The predicted molar refractivity (Wildman–Crippen MR) is 95.1 cm³/mol. The summed E-state index contributed by atoms with van der Waals surface area (Å²) in [5, 5.41) is 7.20. The topological polar surface area (TPSA) is 55.0 Å². The lowest BCUT2D eigenvalue weighted by atomic mass is 10.1. The maximum absolute atomic E-state index is 12.3. The molecule has 3 rings (SSSR count). The van der Waals surface area contributed by atoms with Crippen molar-refractivity contribution >= 4 is 11.9 Å². The van der Waals surface area contributed by atoms with Crippen LogP contribution in [0.2, 0.25) is 0 Å². The number of benzene rings is 2. The quantitative estimate of drug-likeness (QED) is 0.564. The minimum Gasteiger partial charge on any atom is -0.496 e. The van der Waals surface area contributed by atoms with Gasteiger partial charge in [-0.15, -0.1) is 0 Å². The Morgan fingerprint density at radius 3 is 2.62 bits per heavy atom. The molecule has 0 aliphatic rings. The Hall–Kier alpha value is -3.14. The minimum absolute atomic E-state index is 0.0587. The Kier molecular flexibility index (Phi) is 4.57. The molecule has 0 amide bonds. The number of nitrogens with one attached hydrogen (secondary N) is 1. The van der Waals surface area contributed by atoms with Crippen molar-refractivity contribution < 1.29 is 9.53 Å². The summed E-state index contributed by atoms with van der Waals surface area (Å²) in [6, 6.07) is 17.2. The van der Waals surface area contributed by atoms with E-state index in [9.17, 15) is 4.79 Å². The molecule has 0 aliphatic carbocycles. The van der Waals surface area contributed by atoms with Gasteiger partial charge in [-0.2, -0.15) is 5.10 Å². The lowest BCUT2D eigenvalue weighted by Crippen LogP contribution is -1.96. The minimum atomic E-state index is -0.0587. The molecule has 0 fully saturated rings. The van der Waals surface area contributed by atoms with Gasteiger partial charge >= 0.3 is 0 Å². The van der Waals surface area contributed by atoms with Gasteiger partial charge in [-0.1, -0.05) is 30.3 Å². The van der Waals surface area contributed by atoms with Crippen molar-refractivity contribution in [3.63, 3.8) is 0 Å². The van der Waals surface area contributed by atoms with E-state index in [2.05, 4.69) is 10.2 Å². The normalized spacial score (nSPS) is 10.9. The molecule has 0 spiro atoms. The van der Waals surface area contributed by atoms with Gasteiger partial charge in [0.2, 0.25) is 0 Å². The summed E-state index contributed by atoms with van der Waals surface area (Å²) in [6.07, 6.45) is 3.28. The van der Waals surface area contributed by atoms with E-state index in [0.29, 0.717) is 5.56 Å². The molecule has 1 heterocycles. The van der Waals surface area contributed by atoms with Crippen LogP contribution in [0.1, 0.15) is 21.6 Å². The number of hydrogen-bond donors (Lipinski definition) is 1. The van der Waals surface area contributed by atoms with Crippen LogP contribution in [-0.4, -0.2) is 23.1 Å². The van der Waals surface area contributed by atoms with E-state index in [4.69, 9.17) is 4.74 Å². The van der Waals surface area contributed by atoms with Crippen molar-refractivity contribution in [2.75, 3.05) is 7.11 Å². The number of methoxy groups -OCH3 is 1. The van der Waals surface area contributed by atoms with E-state index in [1.807, 2.05) is 49.4 Å². The first kappa shape index (κ1) is 15.7. The molecule has 1 N–H and O–H groups in total. The number of ether oxygens (including phenoxy) is 1. The number of aryl methyl sites for hydroxylation is 1. The van der Waals surface area contributed by atoms with Gasteiger partial charge in [0.25, 0.3) is 0 Å². The highest BCUT2D eigenvalue weighted by molar-refractivity contribution is 6.06. The van der Waals surface area contributed by atoms with Gasteiger partial charge in [0, 0.05) is 11.1 Å². The molecule has 0 saturated heterocycles. The Morgan fingerprint density at radius 2 is 1.92 bits per heavy atom. The smallest absolute Gasteiger partial charge is 0.185 e. The van der Waals surface area contributed by atoms with Gasteiger partial charge < -0.3 is 4.74 Å². The number of aromatic nitrogens is 2. The van der Waals surface area contributed by atoms with E-state index in [1.54, 1.807) is 31.4 Å². The van der Waals surface area contributed by atoms with Crippen LogP contribution < -0.4 is 4.74 Å². The largest absolute Gasteiger partial charge is 0.496 e. The van der Waals surface area contributed by atoms with Crippen LogP contribution >= 0.6 is 0 Å². The average Bonchev–Trinajstić information content (AvgIpc) is 3.09. The maximum atomic E-state index is 12.3. The Labute approximate surface area is 140 Å². The van der Waals surface area contributed by atoms with Crippen molar-refractivity contribution in [1.82, 2.24) is 10.2 Å². The molecule has 2 aromatic carbocycles. The van der Waals surface area contributed by atoms with Crippen LogP contribution in [-0.2, 0) is 0 Å². The third kappa shape index (κ3) is 3.43. The molecule has 0 radical (unpaired) electrons. The van der Waals surface area contributed by atoms with E-state index < -0.39 is 0 Å². The fraction of sp³-hybridized carbons (Fsp3) is 0.100. The Bertz CT molecular complexity index is 880. The Balaban J connectivity index is 1.75. The van der Waals surface area contributed by atoms with Crippen LogP contribution in [0.5, 0.6) is 5.75 Å². The molecule has 0 atom stereocenters. The molecular formula is C20H18N2O2. The van der Waals surface area contributed by atoms with Gasteiger partial charge in [-0.25, -0.2) is 0 Å². The zero-order valence-electron chi connectivity index (χ0n) is 13.6. The van der Waals surface area contributed by atoms with Crippen LogP contribution in [0, 0.1) is 6.92 Å². The molecule has 120 valence electrons. The van der Waals surface area contributed by atoms with Crippen molar-refractivity contribution in [2.45, 2.75) is 6.92 Å². The lowest BCUT2D eigenvalue weighted by Gasteiger charge is -2.05. The molecular weight excluding hydrogens is 300 g/mol. The first-order valence-electron chi connectivity index (χ1n) is 7.65. The predicted octanol–water partition coefficient (Wildman–Crippen LogP) is 4.29. The number of hydrogen-bond acceptors (Lipinski definition) is 3. The zero-order chi connectivity index (χ0) is 16.9. The second kappa shape index (κ2) is 6.96. The van der Waals surface area contributed by atoms with Crippen LogP contribution in [0.4, 0.5) is 0 Å². The standard InChI is InChI=1S/C20H18N2O2/c1-14-12-16(8-11-20(14)24-2)19(23)10-9-17-13-18(22-21-17)15-6-4-3-5-7-15/h3-13H,1-2H3,(H,21,22)/b10-9+. The maximum Gasteiger partial charge on any atom is 0.185 e. The van der Waals surface area contributed by atoms with E-state index in [-0.39, 0.29) is 5.78 Å². The highest BCUT2D eigenvalue weighted by atomic mass is 16.5. The summed E-state index contributed by atoms with van der Waals surface area (Å²) < 4.78 is 5.21. The monoisotopic (exact) mass is 318 g/mol. The number of nitrogens with zero attached hydrogens (tertiary/aromatic N) is 1. The number of carbonyl (C=O) groups excluding carboxylic acids is 1. The molecule has 24 heavy (non-hydrogen) atoms. The first-order valence-corrected chi connectivity index (χ1v) is 7.65. The van der Waals surface area contributed by atoms with Crippen LogP contribution in [0.25, 0.3) is 17.3 Å². The lowest BCUT2D eigenvalue weighted by molar-refractivity contribution is 0.104. The van der Waals surface area contributed by atoms with Crippen LogP contribution in [0.15, 0.2) is 60.7 Å². The highest BCUT2D eigenvalue weighted by Gasteiger charge is 2.06. The number of carbonyl (C=O) groups is 1. The van der Waals surface area contributed by atoms with Gasteiger partial charge in [0.15, 0.2) is 5.78 Å². The highest BCUT2D eigenvalue weighted by Crippen LogP contribution is 2.20. The van der Waals surface area contributed by atoms with Crippen molar-refractivity contribution in [1.29, 1.82) is 0 Å². The number of aromatic amines is 1. The molecule has 3 aromatic rings. The van der Waals surface area contributed by atoms with E-state index in [1.165, 1.54) is 0 Å². The molecule has 4 nitrogen and oxygen atoms in total. The SMILES string of the molecule is COc1ccc(C(=O)/C=C/c2cc(-c3ccccc3)n[nH]2)cc1C. The molecule has 0 aliphatic heterocycles. The fourth-order valence-electron chi connectivity index (χ4n) is 2.47. The summed E-state index contributed by atoms with van der Waals surface area (Å²) in [5.41, 5.74) is 4.23. The number of ketones is 1. The van der Waals surface area contributed by atoms with Gasteiger partial charge in [-0.3, -0.25) is 9.89 Å². The summed E-state index contributed by atoms with van der Waals surface area (Å²) >= 11 is 0. The third-order valence-corrected chi connectivity index (χ3v) is 3.76. The zero-order valence-corrected chi connectivity index (χ0v) is 13.6. The van der Waals surface area contributed by atoms with Crippen molar-refractivity contribution in [2.24, 2.45) is 0 Å². The second-order valence-corrected chi connectivity index (χ2v) is 5.46. The number of allylic oxidation sites excluding steroid dienone is 1.